The van der Waals surface area contributed by atoms with Crippen molar-refractivity contribution < 1.29 is 19.1 Å². The summed E-state index contributed by atoms with van der Waals surface area (Å²) >= 11 is 0. The number of allylic oxidation sites excluding steroid dienone is 1. The molecule has 0 saturated carbocycles. The molecule has 0 N–H and O–H groups in total. The van der Waals surface area contributed by atoms with Gasteiger partial charge in [0, 0.05) is 5.92 Å². The number of esters is 1. The van der Waals surface area contributed by atoms with E-state index in [9.17, 15) is 9.59 Å². The van der Waals surface area contributed by atoms with Crippen LogP contribution >= 0.6 is 0 Å². The molecule has 0 saturated heterocycles. The molecule has 1 atom stereocenters. The van der Waals surface area contributed by atoms with E-state index in [4.69, 9.17) is 4.74 Å². The molecule has 0 amide bonds. The Labute approximate surface area is 113 Å². The average Bonchev–Trinajstić information content (AvgIpc) is 2.44. The van der Waals surface area contributed by atoms with Crippen LogP contribution in [0.5, 0.6) is 5.75 Å². The summed E-state index contributed by atoms with van der Waals surface area (Å²) in [6.07, 6.45) is 3.30. The molecule has 19 heavy (non-hydrogen) atoms. The Bertz CT molecular complexity index is 460. The Balaban J connectivity index is 2.59. The highest BCUT2D eigenvalue weighted by atomic mass is 16.5. The maximum atomic E-state index is 11.8. The van der Waals surface area contributed by atoms with Crippen LogP contribution in [0.4, 0.5) is 0 Å². The van der Waals surface area contributed by atoms with Crippen LogP contribution in [0, 0.1) is 5.92 Å². The van der Waals surface area contributed by atoms with Gasteiger partial charge in [-0.15, -0.1) is 0 Å². The van der Waals surface area contributed by atoms with Crippen LogP contribution in [0.2, 0.25) is 0 Å². The molecule has 0 aromatic heterocycles. The highest BCUT2D eigenvalue weighted by molar-refractivity contribution is 5.96. The van der Waals surface area contributed by atoms with E-state index in [0.29, 0.717) is 0 Å². The summed E-state index contributed by atoms with van der Waals surface area (Å²) in [5, 5.41) is 0. The first kappa shape index (κ1) is 15.0. The fourth-order valence-corrected chi connectivity index (χ4v) is 1.49. The lowest BCUT2D eigenvalue weighted by molar-refractivity contribution is -0.143. The van der Waals surface area contributed by atoms with Crippen molar-refractivity contribution in [3.05, 3.63) is 35.9 Å². The predicted octanol–water partition coefficient (Wildman–Crippen LogP) is 2.48. The first-order chi connectivity index (χ1) is 9.06. The van der Waals surface area contributed by atoms with Crippen LogP contribution in [0.25, 0.3) is 6.08 Å². The zero-order valence-corrected chi connectivity index (χ0v) is 11.4. The molecule has 0 fully saturated rings. The number of carbonyl (C=O) groups is 2. The molecular weight excluding hydrogens is 244 g/mol. The summed E-state index contributed by atoms with van der Waals surface area (Å²) in [5.74, 6) is -0.0793. The Hall–Kier alpha value is -2.10. The third-order valence-electron chi connectivity index (χ3n) is 2.74. The third kappa shape index (κ3) is 4.95. The molecule has 4 heteroatoms. The van der Waals surface area contributed by atoms with E-state index in [1.54, 1.807) is 20.1 Å². The third-order valence-corrected chi connectivity index (χ3v) is 2.74. The Morgan fingerprint density at radius 3 is 2.37 bits per heavy atom. The lowest BCUT2D eigenvalue weighted by Gasteiger charge is -2.05. The van der Waals surface area contributed by atoms with Gasteiger partial charge in [0.05, 0.1) is 20.6 Å². The lowest BCUT2D eigenvalue weighted by atomic mass is 10.0. The minimum absolute atomic E-state index is 0.0961. The number of methoxy groups -OCH3 is 2. The molecule has 0 radical (unpaired) electrons. The molecule has 1 aromatic carbocycles. The fourth-order valence-electron chi connectivity index (χ4n) is 1.49. The van der Waals surface area contributed by atoms with Gasteiger partial charge in [-0.3, -0.25) is 9.59 Å². The minimum atomic E-state index is -0.376. The smallest absolute Gasteiger partial charge is 0.306 e. The van der Waals surface area contributed by atoms with Crippen LogP contribution in [0.3, 0.4) is 0 Å². The molecule has 0 aliphatic heterocycles. The Morgan fingerprint density at radius 1 is 1.21 bits per heavy atom. The fraction of sp³-hybridized carbons (Fsp3) is 0.333. The van der Waals surface area contributed by atoms with Crippen molar-refractivity contribution in [3.8, 4) is 5.75 Å². The molecule has 0 spiro atoms. The van der Waals surface area contributed by atoms with Crippen LogP contribution in [0.1, 0.15) is 18.9 Å². The van der Waals surface area contributed by atoms with Crippen LogP contribution in [-0.2, 0) is 14.3 Å². The molecule has 0 bridgehead atoms. The van der Waals surface area contributed by atoms with Crippen molar-refractivity contribution in [1.29, 1.82) is 0 Å². The number of ketones is 1. The van der Waals surface area contributed by atoms with E-state index in [0.717, 1.165) is 11.3 Å². The number of hydrogen-bond donors (Lipinski definition) is 0. The monoisotopic (exact) mass is 262 g/mol. The van der Waals surface area contributed by atoms with Crippen LogP contribution in [0.15, 0.2) is 30.3 Å². The summed E-state index contributed by atoms with van der Waals surface area (Å²) in [7, 11) is 2.91. The molecule has 0 aliphatic rings. The highest BCUT2D eigenvalue weighted by Crippen LogP contribution is 2.13. The zero-order chi connectivity index (χ0) is 14.3. The van der Waals surface area contributed by atoms with Gasteiger partial charge in [-0.05, 0) is 23.8 Å². The first-order valence-electron chi connectivity index (χ1n) is 5.99. The zero-order valence-electron chi connectivity index (χ0n) is 11.4. The second-order valence-electron chi connectivity index (χ2n) is 4.19. The second kappa shape index (κ2) is 7.36. The molecule has 0 heterocycles. The SMILES string of the molecule is COC(=O)CC(C)C(=O)/C=C/c1ccc(OC)cc1. The molecule has 1 unspecified atom stereocenters. The largest absolute Gasteiger partial charge is 0.497 e. The van der Waals surface area contributed by atoms with Gasteiger partial charge in [-0.1, -0.05) is 25.1 Å². The highest BCUT2D eigenvalue weighted by Gasteiger charge is 2.14. The number of carbonyl (C=O) groups excluding carboxylic acids is 2. The van der Waals surface area contributed by atoms with Crippen molar-refractivity contribution in [2.45, 2.75) is 13.3 Å². The second-order valence-corrected chi connectivity index (χ2v) is 4.19. The lowest BCUT2D eigenvalue weighted by Crippen LogP contribution is -2.14. The van der Waals surface area contributed by atoms with Gasteiger partial charge in [-0.2, -0.15) is 0 Å². The van der Waals surface area contributed by atoms with Crippen LogP contribution < -0.4 is 4.74 Å². The van der Waals surface area contributed by atoms with E-state index in [-0.39, 0.29) is 24.1 Å². The van der Waals surface area contributed by atoms with E-state index in [1.165, 1.54) is 13.2 Å². The van der Waals surface area contributed by atoms with Gasteiger partial charge in [0.2, 0.25) is 0 Å². The van der Waals surface area contributed by atoms with E-state index in [1.807, 2.05) is 24.3 Å². The van der Waals surface area contributed by atoms with Crippen molar-refractivity contribution in [2.75, 3.05) is 14.2 Å². The topological polar surface area (TPSA) is 52.6 Å². The van der Waals surface area contributed by atoms with Gasteiger partial charge in [0.15, 0.2) is 5.78 Å². The van der Waals surface area contributed by atoms with Crippen molar-refractivity contribution in [1.82, 2.24) is 0 Å². The average molecular weight is 262 g/mol. The van der Waals surface area contributed by atoms with Gasteiger partial charge >= 0.3 is 5.97 Å². The first-order valence-corrected chi connectivity index (χ1v) is 5.99. The van der Waals surface area contributed by atoms with Crippen molar-refractivity contribution >= 4 is 17.8 Å². The molecule has 0 aliphatic carbocycles. The number of benzene rings is 1. The number of hydrogen-bond acceptors (Lipinski definition) is 4. The minimum Gasteiger partial charge on any atom is -0.497 e. The summed E-state index contributed by atoms with van der Waals surface area (Å²) in [6.45, 7) is 1.71. The Kier molecular flexibility index (Phi) is 5.79. The summed E-state index contributed by atoms with van der Waals surface area (Å²) in [4.78, 5) is 22.8. The van der Waals surface area contributed by atoms with E-state index >= 15 is 0 Å². The summed E-state index contributed by atoms with van der Waals surface area (Å²) < 4.78 is 9.58. The number of ether oxygens (including phenoxy) is 2. The predicted molar refractivity (Wildman–Crippen MR) is 72.8 cm³/mol. The van der Waals surface area contributed by atoms with Gasteiger partial charge < -0.3 is 9.47 Å². The van der Waals surface area contributed by atoms with E-state index < -0.39 is 0 Å². The van der Waals surface area contributed by atoms with Gasteiger partial charge in [0.25, 0.3) is 0 Å². The molecule has 4 nitrogen and oxygen atoms in total. The normalized spacial score (nSPS) is 12.2. The number of rotatable bonds is 6. The molecule has 1 rings (SSSR count). The van der Waals surface area contributed by atoms with Gasteiger partial charge in [-0.25, -0.2) is 0 Å². The Morgan fingerprint density at radius 2 is 1.84 bits per heavy atom. The van der Waals surface area contributed by atoms with Gasteiger partial charge in [0.1, 0.15) is 5.75 Å². The maximum Gasteiger partial charge on any atom is 0.306 e. The molecular formula is C15H18O4. The summed E-state index contributed by atoms with van der Waals surface area (Å²) in [5.41, 5.74) is 0.902. The molecule has 102 valence electrons. The quantitative estimate of drug-likeness (QED) is 0.584. The standard InChI is InChI=1S/C15H18O4/c1-11(10-15(17)19-3)14(16)9-6-12-4-7-13(18-2)8-5-12/h4-9,11H,10H2,1-3H3/b9-6+. The van der Waals surface area contributed by atoms with E-state index in [2.05, 4.69) is 4.74 Å². The van der Waals surface area contributed by atoms with Crippen LogP contribution in [-0.4, -0.2) is 26.0 Å². The molecule has 1 aromatic rings. The maximum absolute atomic E-state index is 11.8. The summed E-state index contributed by atoms with van der Waals surface area (Å²) in [6, 6.07) is 7.35. The van der Waals surface area contributed by atoms with Crippen molar-refractivity contribution in [2.24, 2.45) is 5.92 Å². The van der Waals surface area contributed by atoms with Crippen molar-refractivity contribution in [3.63, 3.8) is 0 Å².